The lowest BCUT2D eigenvalue weighted by atomic mass is 10.1. The predicted molar refractivity (Wildman–Crippen MR) is 65.1 cm³/mol. The smallest absolute Gasteiger partial charge is 0.360 e. The lowest BCUT2D eigenvalue weighted by molar-refractivity contribution is -0.00580. The molecule has 0 spiro atoms. The quantitative estimate of drug-likeness (QED) is 0.701. The van der Waals surface area contributed by atoms with E-state index in [4.69, 9.17) is 15.2 Å². The van der Waals surface area contributed by atoms with Crippen LogP contribution in [0, 0.1) is 0 Å². The second-order valence-corrected chi connectivity index (χ2v) is 4.51. The number of nitrogens with two attached hydrogens (primary N) is 1. The Kier molecular flexibility index (Phi) is 5.24. The average Bonchev–Trinajstić information content (AvgIpc) is 2.78. The number of methoxy groups -OCH3 is 1. The molecule has 0 unspecified atom stereocenters. The first kappa shape index (κ1) is 14.6. The molecular weight excluding hydrogens is 236 g/mol. The van der Waals surface area contributed by atoms with Crippen LogP contribution in [0.4, 0.5) is 0 Å². The summed E-state index contributed by atoms with van der Waals surface area (Å²) in [6.07, 6.45) is 2.14. The van der Waals surface area contributed by atoms with E-state index in [-0.39, 0.29) is 17.9 Å². The number of carbonyl (C=O) groups excluding carboxylic acids is 1. The van der Waals surface area contributed by atoms with E-state index in [0.717, 1.165) is 0 Å². The zero-order valence-corrected chi connectivity index (χ0v) is 11.0. The van der Waals surface area contributed by atoms with Crippen molar-refractivity contribution in [2.75, 3.05) is 20.3 Å². The van der Waals surface area contributed by atoms with Crippen LogP contribution in [0.3, 0.4) is 0 Å². The van der Waals surface area contributed by atoms with Gasteiger partial charge < -0.3 is 15.2 Å². The Hall–Kier alpha value is -1.47. The van der Waals surface area contributed by atoms with Crippen molar-refractivity contribution in [1.29, 1.82) is 0 Å². The number of hydrogen-bond donors (Lipinski definition) is 1. The van der Waals surface area contributed by atoms with Gasteiger partial charge in [-0.3, -0.25) is 4.68 Å². The van der Waals surface area contributed by atoms with Gasteiger partial charge in [0.1, 0.15) is 0 Å². The standard InChI is InChI=1S/C11H20N4O3/c1-11(2,17-3)4-7-18-10(16)9-8-15(6-5-12)14-13-9/h8H,4-7,12H2,1-3H3. The lowest BCUT2D eigenvalue weighted by Gasteiger charge is -2.22. The Morgan fingerprint density at radius 3 is 2.89 bits per heavy atom. The monoisotopic (exact) mass is 256 g/mol. The third kappa shape index (κ3) is 4.42. The maximum absolute atomic E-state index is 11.6. The molecule has 0 aliphatic rings. The minimum atomic E-state index is -0.481. The molecule has 1 aromatic heterocycles. The molecule has 7 nitrogen and oxygen atoms in total. The molecule has 102 valence electrons. The highest BCUT2D eigenvalue weighted by Gasteiger charge is 2.18. The van der Waals surface area contributed by atoms with Gasteiger partial charge in [-0.25, -0.2) is 4.79 Å². The van der Waals surface area contributed by atoms with E-state index in [9.17, 15) is 4.79 Å². The number of hydrogen-bond acceptors (Lipinski definition) is 6. The number of esters is 1. The third-order valence-electron chi connectivity index (χ3n) is 2.60. The third-order valence-corrected chi connectivity index (χ3v) is 2.60. The molecule has 0 atom stereocenters. The summed E-state index contributed by atoms with van der Waals surface area (Å²) in [5.41, 5.74) is 5.26. The number of aromatic nitrogens is 3. The van der Waals surface area contributed by atoms with E-state index in [1.165, 1.54) is 10.9 Å². The van der Waals surface area contributed by atoms with Crippen LogP contribution in [-0.4, -0.2) is 46.8 Å². The molecule has 2 N–H and O–H groups in total. The Balaban J connectivity index is 2.40. The number of ether oxygens (including phenoxy) is 2. The van der Waals surface area contributed by atoms with E-state index in [2.05, 4.69) is 10.3 Å². The second kappa shape index (κ2) is 6.46. The molecule has 1 rings (SSSR count). The molecule has 0 amide bonds. The van der Waals surface area contributed by atoms with Gasteiger partial charge in [0.15, 0.2) is 5.69 Å². The Bertz CT molecular complexity index is 389. The predicted octanol–water partition coefficient (Wildman–Crippen LogP) is 0.209. The Morgan fingerprint density at radius 2 is 2.28 bits per heavy atom. The molecule has 0 radical (unpaired) electrons. The molecule has 0 bridgehead atoms. The summed E-state index contributed by atoms with van der Waals surface area (Å²) in [5.74, 6) is -0.481. The molecule has 0 aliphatic carbocycles. The van der Waals surface area contributed by atoms with E-state index >= 15 is 0 Å². The minimum absolute atomic E-state index is 0.193. The summed E-state index contributed by atoms with van der Waals surface area (Å²) in [6, 6.07) is 0. The summed E-state index contributed by atoms with van der Waals surface area (Å²) in [5, 5.41) is 7.48. The molecule has 1 heterocycles. The van der Waals surface area contributed by atoms with Crippen LogP contribution in [0.1, 0.15) is 30.8 Å². The van der Waals surface area contributed by atoms with Crippen molar-refractivity contribution in [3.63, 3.8) is 0 Å². The zero-order chi connectivity index (χ0) is 13.6. The molecule has 0 aromatic carbocycles. The first-order valence-electron chi connectivity index (χ1n) is 5.81. The van der Waals surface area contributed by atoms with Gasteiger partial charge in [-0.1, -0.05) is 5.21 Å². The molecule has 0 fully saturated rings. The van der Waals surface area contributed by atoms with E-state index in [1.807, 2.05) is 13.8 Å². The summed E-state index contributed by atoms with van der Waals surface area (Å²) in [4.78, 5) is 11.6. The zero-order valence-electron chi connectivity index (χ0n) is 11.0. The highest BCUT2D eigenvalue weighted by Crippen LogP contribution is 2.12. The van der Waals surface area contributed by atoms with Crippen LogP contribution in [0.2, 0.25) is 0 Å². The summed E-state index contributed by atoms with van der Waals surface area (Å²) >= 11 is 0. The number of rotatable bonds is 7. The van der Waals surface area contributed by atoms with Crippen LogP contribution in [0.15, 0.2) is 6.20 Å². The van der Waals surface area contributed by atoms with Crippen molar-refractivity contribution < 1.29 is 14.3 Å². The van der Waals surface area contributed by atoms with Gasteiger partial charge >= 0.3 is 5.97 Å². The first-order valence-corrected chi connectivity index (χ1v) is 5.81. The highest BCUT2D eigenvalue weighted by atomic mass is 16.5. The maximum atomic E-state index is 11.6. The van der Waals surface area contributed by atoms with Gasteiger partial charge in [0.05, 0.1) is 24.9 Å². The highest BCUT2D eigenvalue weighted by molar-refractivity contribution is 5.86. The van der Waals surface area contributed by atoms with Crippen molar-refractivity contribution in [2.45, 2.75) is 32.4 Å². The Morgan fingerprint density at radius 1 is 1.56 bits per heavy atom. The fourth-order valence-corrected chi connectivity index (χ4v) is 1.20. The van der Waals surface area contributed by atoms with Crippen molar-refractivity contribution >= 4 is 5.97 Å². The maximum Gasteiger partial charge on any atom is 0.360 e. The van der Waals surface area contributed by atoms with Crippen LogP contribution >= 0.6 is 0 Å². The average molecular weight is 256 g/mol. The Labute approximate surface area is 106 Å². The van der Waals surface area contributed by atoms with Gasteiger partial charge in [0.25, 0.3) is 0 Å². The molecule has 0 aliphatic heterocycles. The molecule has 0 saturated heterocycles. The van der Waals surface area contributed by atoms with E-state index in [1.54, 1.807) is 7.11 Å². The van der Waals surface area contributed by atoms with Crippen LogP contribution in [0.5, 0.6) is 0 Å². The fourth-order valence-electron chi connectivity index (χ4n) is 1.20. The largest absolute Gasteiger partial charge is 0.461 e. The van der Waals surface area contributed by atoms with E-state index in [0.29, 0.717) is 19.5 Å². The second-order valence-electron chi connectivity index (χ2n) is 4.51. The van der Waals surface area contributed by atoms with Crippen LogP contribution in [0.25, 0.3) is 0 Å². The first-order chi connectivity index (χ1) is 8.48. The van der Waals surface area contributed by atoms with Crippen molar-refractivity contribution in [3.8, 4) is 0 Å². The molecular formula is C11H20N4O3. The fraction of sp³-hybridized carbons (Fsp3) is 0.727. The van der Waals surface area contributed by atoms with Gasteiger partial charge in [-0.2, -0.15) is 0 Å². The van der Waals surface area contributed by atoms with Crippen LogP contribution in [-0.2, 0) is 16.0 Å². The summed E-state index contributed by atoms with van der Waals surface area (Å²) < 4.78 is 11.8. The topological polar surface area (TPSA) is 92.3 Å². The molecule has 18 heavy (non-hydrogen) atoms. The van der Waals surface area contributed by atoms with Gasteiger partial charge in [0, 0.05) is 20.1 Å². The van der Waals surface area contributed by atoms with Crippen molar-refractivity contribution in [2.24, 2.45) is 5.73 Å². The van der Waals surface area contributed by atoms with Crippen molar-refractivity contribution in [3.05, 3.63) is 11.9 Å². The van der Waals surface area contributed by atoms with E-state index < -0.39 is 5.97 Å². The van der Waals surface area contributed by atoms with Gasteiger partial charge in [0.2, 0.25) is 0 Å². The SMILES string of the molecule is COC(C)(C)CCOC(=O)c1cn(CCN)nn1. The molecule has 1 aromatic rings. The van der Waals surface area contributed by atoms with Crippen molar-refractivity contribution in [1.82, 2.24) is 15.0 Å². The van der Waals surface area contributed by atoms with Gasteiger partial charge in [-0.05, 0) is 13.8 Å². The molecule has 0 saturated carbocycles. The van der Waals surface area contributed by atoms with Gasteiger partial charge in [-0.15, -0.1) is 5.10 Å². The molecule has 7 heteroatoms. The number of nitrogens with zero attached hydrogens (tertiary/aromatic N) is 3. The summed E-state index contributed by atoms with van der Waals surface area (Å²) in [7, 11) is 1.63. The summed E-state index contributed by atoms with van der Waals surface area (Å²) in [6.45, 7) is 5.11. The lowest BCUT2D eigenvalue weighted by Crippen LogP contribution is -2.25. The normalized spacial score (nSPS) is 11.6. The minimum Gasteiger partial charge on any atom is -0.461 e. The van der Waals surface area contributed by atoms with Crippen LogP contribution < -0.4 is 5.73 Å². The number of carbonyl (C=O) groups is 1.